The van der Waals surface area contributed by atoms with E-state index in [2.05, 4.69) is 10.2 Å². The van der Waals surface area contributed by atoms with Crippen molar-refractivity contribution in [3.8, 4) is 0 Å². The van der Waals surface area contributed by atoms with Crippen LogP contribution >= 0.6 is 0 Å². The van der Waals surface area contributed by atoms with Gasteiger partial charge in [0.15, 0.2) is 0 Å². The molecule has 1 fully saturated rings. The average Bonchev–Trinajstić information content (AvgIpc) is 2.54. The molecule has 0 aliphatic carbocycles. The van der Waals surface area contributed by atoms with Gasteiger partial charge >= 0.3 is 0 Å². The van der Waals surface area contributed by atoms with Crippen LogP contribution in [0.25, 0.3) is 0 Å². The van der Waals surface area contributed by atoms with E-state index in [-0.39, 0.29) is 17.9 Å². The molecule has 17 heavy (non-hydrogen) atoms. The maximum Gasteiger partial charge on any atom is 0.256 e. The number of carbonyl (C=O) groups is 2. The summed E-state index contributed by atoms with van der Waals surface area (Å²) in [5.41, 5.74) is 0.544. The van der Waals surface area contributed by atoms with Crippen LogP contribution in [0.1, 0.15) is 13.8 Å². The van der Waals surface area contributed by atoms with Gasteiger partial charge in [-0.1, -0.05) is 0 Å². The molecule has 0 saturated carbocycles. The first-order chi connectivity index (χ1) is 8.09. The number of amides is 2. The van der Waals surface area contributed by atoms with E-state index in [0.29, 0.717) is 5.57 Å². The summed E-state index contributed by atoms with van der Waals surface area (Å²) in [7, 11) is 0. The van der Waals surface area contributed by atoms with Crippen molar-refractivity contribution in [3.63, 3.8) is 0 Å². The topological polar surface area (TPSA) is 52.7 Å². The summed E-state index contributed by atoms with van der Waals surface area (Å²) in [5.74, 6) is -0.312. The highest BCUT2D eigenvalue weighted by atomic mass is 16.2. The normalized spacial score (nSPS) is 24.1. The average molecular weight is 237 g/mol. The van der Waals surface area contributed by atoms with E-state index in [1.807, 2.05) is 6.92 Å². The van der Waals surface area contributed by atoms with Gasteiger partial charge in [0.1, 0.15) is 0 Å². The van der Waals surface area contributed by atoms with Gasteiger partial charge in [-0.2, -0.15) is 0 Å². The number of imide groups is 1. The van der Waals surface area contributed by atoms with Gasteiger partial charge in [0.2, 0.25) is 0 Å². The molecule has 2 amide bonds. The van der Waals surface area contributed by atoms with Gasteiger partial charge in [-0.25, -0.2) is 0 Å². The van der Waals surface area contributed by atoms with Gasteiger partial charge in [-0.05, 0) is 13.8 Å². The van der Waals surface area contributed by atoms with Crippen LogP contribution in [0.4, 0.5) is 0 Å². The summed E-state index contributed by atoms with van der Waals surface area (Å²) >= 11 is 0. The van der Waals surface area contributed by atoms with Crippen LogP contribution < -0.4 is 5.32 Å². The van der Waals surface area contributed by atoms with Crippen molar-refractivity contribution in [2.75, 3.05) is 32.7 Å². The van der Waals surface area contributed by atoms with Gasteiger partial charge < -0.3 is 5.32 Å². The zero-order chi connectivity index (χ0) is 12.4. The first-order valence-electron chi connectivity index (χ1n) is 6.08. The van der Waals surface area contributed by atoms with Crippen molar-refractivity contribution in [2.24, 2.45) is 0 Å². The molecule has 0 aromatic rings. The standard InChI is InChI=1S/C12H19N3O2/c1-9-7-11(16)15(12(9)17)10(2)8-14-5-3-13-4-6-14/h7,10,13H,3-6,8H2,1-2H3. The Bertz CT molecular complexity index is 359. The van der Waals surface area contributed by atoms with Gasteiger partial charge in [-0.3, -0.25) is 19.4 Å². The highest BCUT2D eigenvalue weighted by Gasteiger charge is 2.33. The van der Waals surface area contributed by atoms with Crippen molar-refractivity contribution in [1.82, 2.24) is 15.1 Å². The highest BCUT2D eigenvalue weighted by Crippen LogP contribution is 2.16. The van der Waals surface area contributed by atoms with E-state index in [1.165, 1.54) is 11.0 Å². The first kappa shape index (κ1) is 12.3. The molecule has 94 valence electrons. The Morgan fingerprint density at radius 2 is 2.00 bits per heavy atom. The number of carbonyl (C=O) groups excluding carboxylic acids is 2. The van der Waals surface area contributed by atoms with Gasteiger partial charge in [0.05, 0.1) is 6.04 Å². The maximum atomic E-state index is 11.8. The Morgan fingerprint density at radius 1 is 1.35 bits per heavy atom. The molecule has 2 aliphatic heterocycles. The predicted octanol–water partition coefficient (Wildman–Crippen LogP) is -0.405. The monoisotopic (exact) mass is 237 g/mol. The molecule has 1 unspecified atom stereocenters. The predicted molar refractivity (Wildman–Crippen MR) is 64.4 cm³/mol. The van der Waals surface area contributed by atoms with Crippen molar-refractivity contribution >= 4 is 11.8 Å². The fraction of sp³-hybridized carbons (Fsp3) is 0.667. The SMILES string of the molecule is CC1=CC(=O)N(C(C)CN2CCNCC2)C1=O. The second kappa shape index (κ2) is 4.98. The lowest BCUT2D eigenvalue weighted by atomic mass is 10.2. The van der Waals surface area contributed by atoms with E-state index in [0.717, 1.165) is 32.7 Å². The molecule has 0 bridgehead atoms. The second-order valence-corrected chi connectivity index (χ2v) is 4.74. The van der Waals surface area contributed by atoms with Crippen LogP contribution in [0, 0.1) is 0 Å². The highest BCUT2D eigenvalue weighted by molar-refractivity contribution is 6.16. The summed E-state index contributed by atoms with van der Waals surface area (Å²) in [6, 6.07) is -0.0539. The van der Waals surface area contributed by atoms with E-state index in [9.17, 15) is 9.59 Å². The van der Waals surface area contributed by atoms with E-state index >= 15 is 0 Å². The van der Waals surface area contributed by atoms with Crippen LogP contribution in [0.5, 0.6) is 0 Å². The largest absolute Gasteiger partial charge is 0.314 e. The molecule has 0 aromatic carbocycles. The molecule has 2 aliphatic rings. The van der Waals surface area contributed by atoms with Crippen LogP contribution in [0.3, 0.4) is 0 Å². The molecular weight excluding hydrogens is 218 g/mol. The summed E-state index contributed by atoms with van der Waals surface area (Å²) in [6.07, 6.45) is 1.43. The number of rotatable bonds is 3. The minimum absolute atomic E-state index is 0.0539. The zero-order valence-corrected chi connectivity index (χ0v) is 10.4. The van der Waals surface area contributed by atoms with Crippen molar-refractivity contribution in [1.29, 1.82) is 0 Å². The van der Waals surface area contributed by atoms with Crippen LogP contribution in [-0.4, -0.2) is 60.4 Å². The Balaban J connectivity index is 1.94. The Hall–Kier alpha value is -1.20. The lowest BCUT2D eigenvalue weighted by Gasteiger charge is -2.32. The molecule has 0 spiro atoms. The third kappa shape index (κ3) is 2.56. The number of nitrogens with one attached hydrogen (secondary N) is 1. The lowest BCUT2D eigenvalue weighted by Crippen LogP contribution is -2.50. The van der Waals surface area contributed by atoms with Crippen LogP contribution in [0.15, 0.2) is 11.6 Å². The maximum absolute atomic E-state index is 11.8. The Kier molecular flexibility index (Phi) is 3.59. The van der Waals surface area contributed by atoms with Crippen molar-refractivity contribution in [2.45, 2.75) is 19.9 Å². The molecule has 2 heterocycles. The molecule has 5 nitrogen and oxygen atoms in total. The lowest BCUT2D eigenvalue weighted by molar-refractivity contribution is -0.139. The molecule has 5 heteroatoms. The summed E-state index contributed by atoms with van der Waals surface area (Å²) in [6.45, 7) is 8.31. The smallest absolute Gasteiger partial charge is 0.256 e. The van der Waals surface area contributed by atoms with Crippen LogP contribution in [0.2, 0.25) is 0 Å². The van der Waals surface area contributed by atoms with Gasteiger partial charge in [0, 0.05) is 44.4 Å². The van der Waals surface area contributed by atoms with E-state index in [1.54, 1.807) is 6.92 Å². The number of hydrogen-bond acceptors (Lipinski definition) is 4. The quantitative estimate of drug-likeness (QED) is 0.678. The number of nitrogens with zero attached hydrogens (tertiary/aromatic N) is 2. The molecule has 1 saturated heterocycles. The van der Waals surface area contributed by atoms with E-state index < -0.39 is 0 Å². The van der Waals surface area contributed by atoms with Crippen molar-refractivity contribution < 1.29 is 9.59 Å². The van der Waals surface area contributed by atoms with Crippen LogP contribution in [-0.2, 0) is 9.59 Å². The fourth-order valence-electron chi connectivity index (χ4n) is 2.37. The molecule has 1 atom stereocenters. The number of hydrogen-bond donors (Lipinski definition) is 1. The van der Waals surface area contributed by atoms with Gasteiger partial charge in [0.25, 0.3) is 11.8 Å². The summed E-state index contributed by atoms with van der Waals surface area (Å²) in [5, 5.41) is 3.28. The molecule has 2 rings (SSSR count). The molecule has 0 radical (unpaired) electrons. The second-order valence-electron chi connectivity index (χ2n) is 4.74. The third-order valence-electron chi connectivity index (χ3n) is 3.31. The zero-order valence-electron chi connectivity index (χ0n) is 10.4. The minimum Gasteiger partial charge on any atom is -0.314 e. The van der Waals surface area contributed by atoms with E-state index in [4.69, 9.17) is 0 Å². The molecule has 0 aromatic heterocycles. The molecule has 1 N–H and O–H groups in total. The molecular formula is C12H19N3O2. The number of piperazine rings is 1. The van der Waals surface area contributed by atoms with Crippen molar-refractivity contribution in [3.05, 3.63) is 11.6 Å². The van der Waals surface area contributed by atoms with Gasteiger partial charge in [-0.15, -0.1) is 0 Å². The fourth-order valence-corrected chi connectivity index (χ4v) is 2.37. The Morgan fingerprint density at radius 3 is 2.53 bits per heavy atom. The minimum atomic E-state index is -0.171. The summed E-state index contributed by atoms with van der Waals surface area (Å²) in [4.78, 5) is 27.1. The summed E-state index contributed by atoms with van der Waals surface area (Å²) < 4.78 is 0. The third-order valence-corrected chi connectivity index (χ3v) is 3.31. The first-order valence-corrected chi connectivity index (χ1v) is 6.08. The Labute approximate surface area is 101 Å².